The first kappa shape index (κ1) is 14.1. The number of ether oxygens (including phenoxy) is 1. The molecule has 2 aliphatic heterocycles. The van der Waals surface area contributed by atoms with Gasteiger partial charge in [0, 0.05) is 11.8 Å². The molecule has 0 unspecified atom stereocenters. The quantitative estimate of drug-likeness (QED) is 0.757. The molecule has 114 valence electrons. The molecule has 2 heterocycles. The Bertz CT molecular complexity index is 725. The molecule has 22 heavy (non-hydrogen) atoms. The van der Waals surface area contributed by atoms with Gasteiger partial charge in [-0.15, -0.1) is 0 Å². The maximum atomic E-state index is 6.23. The van der Waals surface area contributed by atoms with Gasteiger partial charge < -0.3 is 14.0 Å². The number of rotatable bonds is 1. The molecular weight excluding hydrogens is 275 g/mol. The van der Waals surface area contributed by atoms with Gasteiger partial charge in [-0.1, -0.05) is 24.3 Å². The predicted octanol–water partition coefficient (Wildman–Crippen LogP) is 3.07. The van der Waals surface area contributed by atoms with Crippen LogP contribution in [0.4, 0.5) is 0 Å². The third kappa shape index (κ3) is 1.90. The van der Waals surface area contributed by atoms with Crippen LogP contribution in [0.3, 0.4) is 0 Å². The van der Waals surface area contributed by atoms with Gasteiger partial charge in [0.2, 0.25) is 0 Å². The molecular formula is C18H21BO3. The van der Waals surface area contributed by atoms with Crippen molar-refractivity contribution in [3.05, 3.63) is 35.9 Å². The minimum Gasteiger partial charge on any atom is -0.493 e. The topological polar surface area (TPSA) is 27.7 Å². The van der Waals surface area contributed by atoms with E-state index < -0.39 is 0 Å². The maximum absolute atomic E-state index is 6.23. The van der Waals surface area contributed by atoms with Crippen LogP contribution in [0, 0.1) is 0 Å². The van der Waals surface area contributed by atoms with Crippen molar-refractivity contribution in [2.45, 2.75) is 45.3 Å². The third-order valence-electron chi connectivity index (χ3n) is 5.26. The smallest absolute Gasteiger partial charge is 0.493 e. The monoisotopic (exact) mass is 296 g/mol. The minimum absolute atomic E-state index is 0.326. The molecule has 0 spiro atoms. The summed E-state index contributed by atoms with van der Waals surface area (Å²) >= 11 is 0. The van der Waals surface area contributed by atoms with E-state index in [1.54, 1.807) is 0 Å². The van der Waals surface area contributed by atoms with Crippen molar-refractivity contribution in [3.8, 4) is 5.75 Å². The molecule has 0 amide bonds. The van der Waals surface area contributed by atoms with Crippen LogP contribution in [0.15, 0.2) is 30.3 Å². The Morgan fingerprint density at radius 1 is 0.955 bits per heavy atom. The van der Waals surface area contributed by atoms with Crippen LogP contribution >= 0.6 is 0 Å². The van der Waals surface area contributed by atoms with E-state index in [-0.39, 0.29) is 18.3 Å². The molecule has 0 aliphatic carbocycles. The van der Waals surface area contributed by atoms with E-state index >= 15 is 0 Å². The highest BCUT2D eigenvalue weighted by atomic mass is 16.7. The molecule has 4 heteroatoms. The largest absolute Gasteiger partial charge is 0.495 e. The second-order valence-corrected chi connectivity index (χ2v) is 7.18. The van der Waals surface area contributed by atoms with E-state index in [9.17, 15) is 0 Å². The lowest BCUT2D eigenvalue weighted by Crippen LogP contribution is -2.41. The highest BCUT2D eigenvalue weighted by Gasteiger charge is 2.52. The van der Waals surface area contributed by atoms with Crippen LogP contribution in [-0.4, -0.2) is 24.9 Å². The van der Waals surface area contributed by atoms with Gasteiger partial charge in [-0.05, 0) is 50.2 Å². The fourth-order valence-corrected chi connectivity index (χ4v) is 3.25. The van der Waals surface area contributed by atoms with Gasteiger partial charge in [0.1, 0.15) is 5.75 Å². The van der Waals surface area contributed by atoms with Gasteiger partial charge in [-0.2, -0.15) is 0 Å². The summed E-state index contributed by atoms with van der Waals surface area (Å²) < 4.78 is 18.3. The highest BCUT2D eigenvalue weighted by molar-refractivity contribution is 6.65. The first-order valence-corrected chi connectivity index (χ1v) is 7.92. The van der Waals surface area contributed by atoms with Crippen LogP contribution in [0.1, 0.15) is 33.3 Å². The Balaban J connectivity index is 1.87. The lowest BCUT2D eigenvalue weighted by molar-refractivity contribution is 0.00578. The van der Waals surface area contributed by atoms with Crippen molar-refractivity contribution in [1.29, 1.82) is 0 Å². The maximum Gasteiger partial charge on any atom is 0.495 e. The average Bonchev–Trinajstić information content (AvgIpc) is 2.68. The summed E-state index contributed by atoms with van der Waals surface area (Å²) in [7, 11) is -0.337. The van der Waals surface area contributed by atoms with Gasteiger partial charge in [-0.25, -0.2) is 0 Å². The van der Waals surface area contributed by atoms with Gasteiger partial charge >= 0.3 is 7.12 Å². The Labute approximate surface area is 131 Å². The van der Waals surface area contributed by atoms with E-state index in [1.807, 2.05) is 6.07 Å². The van der Waals surface area contributed by atoms with E-state index in [0.29, 0.717) is 0 Å². The molecule has 0 N–H and O–H groups in total. The lowest BCUT2D eigenvalue weighted by Gasteiger charge is -2.32. The zero-order valence-corrected chi connectivity index (χ0v) is 13.6. The van der Waals surface area contributed by atoms with Crippen LogP contribution in [0.25, 0.3) is 10.8 Å². The normalized spacial score (nSPS) is 21.9. The SMILES string of the molecule is CC1(C)OB(c2ccc3c4c(cccc24)CCO3)OC1(C)C. The molecule has 3 nitrogen and oxygen atoms in total. The van der Waals surface area contributed by atoms with E-state index in [2.05, 4.69) is 52.0 Å². The third-order valence-corrected chi connectivity index (χ3v) is 5.26. The molecule has 4 rings (SSSR count). The second kappa shape index (κ2) is 4.50. The minimum atomic E-state index is -0.337. The summed E-state index contributed by atoms with van der Waals surface area (Å²) in [5.74, 6) is 0.970. The van der Waals surface area contributed by atoms with Crippen LogP contribution in [0.2, 0.25) is 0 Å². The molecule has 0 aromatic heterocycles. The summed E-state index contributed by atoms with van der Waals surface area (Å²) in [5.41, 5.74) is 1.78. The summed E-state index contributed by atoms with van der Waals surface area (Å²) in [4.78, 5) is 0. The highest BCUT2D eigenvalue weighted by Crippen LogP contribution is 2.38. The molecule has 1 saturated heterocycles. The fraction of sp³-hybridized carbons (Fsp3) is 0.444. The van der Waals surface area contributed by atoms with Crippen LogP contribution in [0.5, 0.6) is 5.75 Å². The Morgan fingerprint density at radius 2 is 1.68 bits per heavy atom. The summed E-state index contributed by atoms with van der Waals surface area (Å²) in [6, 6.07) is 10.6. The van der Waals surface area contributed by atoms with Gasteiger partial charge in [-0.3, -0.25) is 0 Å². The van der Waals surface area contributed by atoms with Gasteiger partial charge in [0.25, 0.3) is 0 Å². The first-order valence-electron chi connectivity index (χ1n) is 7.92. The van der Waals surface area contributed by atoms with Gasteiger partial charge in [0.15, 0.2) is 0 Å². The summed E-state index contributed by atoms with van der Waals surface area (Å²) in [5, 5.41) is 2.38. The number of hydrogen-bond acceptors (Lipinski definition) is 3. The van der Waals surface area contributed by atoms with Crippen molar-refractivity contribution in [1.82, 2.24) is 0 Å². The lowest BCUT2D eigenvalue weighted by atomic mass is 9.75. The molecule has 0 saturated carbocycles. The molecule has 2 aromatic carbocycles. The van der Waals surface area contributed by atoms with Crippen molar-refractivity contribution in [2.24, 2.45) is 0 Å². The molecule has 0 atom stereocenters. The predicted molar refractivity (Wildman–Crippen MR) is 88.9 cm³/mol. The van der Waals surface area contributed by atoms with Gasteiger partial charge in [0.05, 0.1) is 17.8 Å². The van der Waals surface area contributed by atoms with Crippen LogP contribution < -0.4 is 10.2 Å². The van der Waals surface area contributed by atoms with E-state index in [0.717, 1.165) is 24.2 Å². The zero-order valence-electron chi connectivity index (χ0n) is 13.6. The zero-order chi connectivity index (χ0) is 15.5. The molecule has 0 bridgehead atoms. The number of benzene rings is 2. The first-order chi connectivity index (χ1) is 10.4. The Kier molecular flexibility index (Phi) is 2.88. The molecule has 0 radical (unpaired) electrons. The average molecular weight is 296 g/mol. The number of hydrogen-bond donors (Lipinski definition) is 0. The molecule has 2 aliphatic rings. The Morgan fingerprint density at radius 3 is 2.41 bits per heavy atom. The summed E-state index contributed by atoms with van der Waals surface area (Å²) in [6.07, 6.45) is 0.956. The van der Waals surface area contributed by atoms with Crippen molar-refractivity contribution >= 4 is 23.4 Å². The fourth-order valence-electron chi connectivity index (χ4n) is 3.25. The summed E-state index contributed by atoms with van der Waals surface area (Å²) in [6.45, 7) is 9.09. The standard InChI is InChI=1S/C18H21BO3/c1-17(2)18(3,4)22-19(21-17)14-8-9-15-16-12(10-11-20-15)6-5-7-13(14)16/h5-9H,10-11H2,1-4H3. The second-order valence-electron chi connectivity index (χ2n) is 7.18. The van der Waals surface area contributed by atoms with E-state index in [4.69, 9.17) is 14.0 Å². The molecule has 1 fully saturated rings. The van der Waals surface area contributed by atoms with Crippen molar-refractivity contribution < 1.29 is 14.0 Å². The molecule has 2 aromatic rings. The van der Waals surface area contributed by atoms with Crippen molar-refractivity contribution in [3.63, 3.8) is 0 Å². The Hall–Kier alpha value is -1.52. The van der Waals surface area contributed by atoms with Crippen LogP contribution in [-0.2, 0) is 15.7 Å². The van der Waals surface area contributed by atoms with E-state index in [1.165, 1.54) is 16.3 Å². The van der Waals surface area contributed by atoms with Crippen molar-refractivity contribution in [2.75, 3.05) is 6.61 Å².